The van der Waals surface area contributed by atoms with Gasteiger partial charge in [-0.15, -0.1) is 0 Å². The summed E-state index contributed by atoms with van der Waals surface area (Å²) in [4.78, 5) is 19.0. The van der Waals surface area contributed by atoms with Crippen LogP contribution in [-0.4, -0.2) is 46.6 Å². The van der Waals surface area contributed by atoms with Crippen molar-refractivity contribution in [1.82, 2.24) is 20.4 Å². The number of nitrogens with one attached hydrogen (secondary N) is 1. The van der Waals surface area contributed by atoms with Crippen LogP contribution >= 0.6 is 0 Å². The second-order valence-electron chi connectivity index (χ2n) is 8.19. The minimum atomic E-state index is 0.106. The van der Waals surface area contributed by atoms with Gasteiger partial charge in [0.25, 0.3) is 0 Å². The van der Waals surface area contributed by atoms with Gasteiger partial charge in [-0.1, -0.05) is 32.9 Å². The Kier molecular flexibility index (Phi) is 7.41. The molecule has 0 aliphatic carbocycles. The minimum Gasteiger partial charge on any atom is -0.352 e. The second kappa shape index (κ2) is 9.32. The average molecular weight is 351 g/mol. The van der Waals surface area contributed by atoms with Gasteiger partial charge >= 0.3 is 0 Å². The molecule has 2 heterocycles. The molecule has 1 aromatic rings. The van der Waals surface area contributed by atoms with Crippen LogP contribution < -0.4 is 5.32 Å². The van der Waals surface area contributed by atoms with E-state index in [-0.39, 0.29) is 17.9 Å². The van der Waals surface area contributed by atoms with Crippen molar-refractivity contribution in [3.8, 4) is 0 Å². The third-order valence-electron chi connectivity index (χ3n) is 4.68. The Morgan fingerprint density at radius 3 is 2.56 bits per heavy atom. The number of nitrogens with zero attached hydrogens (tertiary/aromatic N) is 3. The number of piperidine rings is 1. The highest BCUT2D eigenvalue weighted by atomic mass is 16.5. The number of aryl methyl sites for hydroxylation is 1. The molecule has 1 saturated heterocycles. The van der Waals surface area contributed by atoms with E-state index in [0.717, 1.165) is 43.7 Å². The first kappa shape index (κ1) is 19.9. The quantitative estimate of drug-likeness (QED) is 0.780. The number of aromatic nitrogens is 2. The Morgan fingerprint density at radius 1 is 1.28 bits per heavy atom. The van der Waals surface area contributed by atoms with E-state index in [1.54, 1.807) is 0 Å². The Labute approximate surface area is 151 Å². The molecular formula is C19H34N4O2. The Hall–Kier alpha value is -1.43. The molecule has 0 spiro atoms. The molecule has 142 valence electrons. The lowest BCUT2D eigenvalue weighted by Gasteiger charge is -2.36. The van der Waals surface area contributed by atoms with E-state index in [1.807, 2.05) is 13.8 Å². The molecule has 2 rings (SSSR count). The van der Waals surface area contributed by atoms with Gasteiger partial charge < -0.3 is 14.7 Å². The predicted molar refractivity (Wildman–Crippen MR) is 98.3 cm³/mol. The monoisotopic (exact) mass is 350 g/mol. The summed E-state index contributed by atoms with van der Waals surface area (Å²) in [7, 11) is 0. The normalized spacial score (nSPS) is 23.0. The molecule has 0 radical (unpaired) electrons. The summed E-state index contributed by atoms with van der Waals surface area (Å²) in [6.45, 7) is 14.0. The van der Waals surface area contributed by atoms with Crippen LogP contribution in [0.2, 0.25) is 0 Å². The fourth-order valence-corrected chi connectivity index (χ4v) is 3.73. The van der Waals surface area contributed by atoms with Gasteiger partial charge in [0.1, 0.15) is 0 Å². The number of rotatable bonds is 8. The maximum Gasteiger partial charge on any atom is 0.226 e. The lowest BCUT2D eigenvalue weighted by molar-refractivity contribution is -0.121. The summed E-state index contributed by atoms with van der Waals surface area (Å²) in [5.41, 5.74) is 0. The molecular weight excluding hydrogens is 316 g/mol. The maximum absolute atomic E-state index is 12.1. The van der Waals surface area contributed by atoms with Gasteiger partial charge in [-0.05, 0) is 31.6 Å². The zero-order valence-electron chi connectivity index (χ0n) is 16.4. The molecule has 0 bridgehead atoms. The van der Waals surface area contributed by atoms with Crippen LogP contribution in [0.5, 0.6) is 0 Å². The van der Waals surface area contributed by atoms with Gasteiger partial charge in [0.05, 0.1) is 0 Å². The Balaban J connectivity index is 1.65. The highest BCUT2D eigenvalue weighted by Crippen LogP contribution is 2.20. The Bertz CT molecular complexity index is 533. The first-order valence-corrected chi connectivity index (χ1v) is 9.67. The third-order valence-corrected chi connectivity index (χ3v) is 4.68. The van der Waals surface area contributed by atoms with Crippen molar-refractivity contribution < 1.29 is 9.32 Å². The number of hydrogen-bond acceptors (Lipinski definition) is 5. The van der Waals surface area contributed by atoms with Gasteiger partial charge in [0, 0.05) is 44.4 Å². The smallest absolute Gasteiger partial charge is 0.226 e. The molecule has 3 unspecified atom stereocenters. The average Bonchev–Trinajstić information content (AvgIpc) is 2.94. The fourth-order valence-electron chi connectivity index (χ4n) is 3.73. The van der Waals surface area contributed by atoms with Gasteiger partial charge in [-0.25, -0.2) is 0 Å². The summed E-state index contributed by atoms with van der Waals surface area (Å²) in [6.07, 6.45) is 3.20. The second-order valence-corrected chi connectivity index (χ2v) is 8.19. The van der Waals surface area contributed by atoms with E-state index in [4.69, 9.17) is 4.52 Å². The molecule has 25 heavy (non-hydrogen) atoms. The molecule has 6 heteroatoms. The number of carbonyl (C=O) groups is 1. The van der Waals surface area contributed by atoms with Crippen molar-refractivity contribution >= 4 is 5.91 Å². The zero-order chi connectivity index (χ0) is 18.4. The predicted octanol–water partition coefficient (Wildman–Crippen LogP) is 3.00. The molecule has 6 nitrogen and oxygen atoms in total. The summed E-state index contributed by atoms with van der Waals surface area (Å²) < 4.78 is 5.21. The first-order chi connectivity index (χ1) is 11.8. The molecule has 1 amide bonds. The first-order valence-electron chi connectivity index (χ1n) is 9.67. The number of hydrogen-bond donors (Lipinski definition) is 1. The molecule has 1 aliphatic rings. The minimum absolute atomic E-state index is 0.106. The highest BCUT2D eigenvalue weighted by Gasteiger charge is 2.23. The molecule has 0 aromatic carbocycles. The lowest BCUT2D eigenvalue weighted by Crippen LogP contribution is -2.46. The van der Waals surface area contributed by atoms with Gasteiger partial charge in [-0.3, -0.25) is 4.79 Å². The summed E-state index contributed by atoms with van der Waals surface area (Å²) >= 11 is 0. The molecule has 0 saturated carbocycles. The maximum atomic E-state index is 12.1. The van der Waals surface area contributed by atoms with Crippen LogP contribution in [0, 0.1) is 11.8 Å². The van der Waals surface area contributed by atoms with Gasteiger partial charge in [-0.2, -0.15) is 4.98 Å². The lowest BCUT2D eigenvalue weighted by atomic mass is 9.92. The molecule has 1 aromatic heterocycles. The van der Waals surface area contributed by atoms with Crippen LogP contribution in [0.4, 0.5) is 0 Å². The van der Waals surface area contributed by atoms with Crippen molar-refractivity contribution in [2.75, 3.05) is 19.6 Å². The summed E-state index contributed by atoms with van der Waals surface area (Å²) in [5, 5.41) is 7.07. The van der Waals surface area contributed by atoms with Crippen LogP contribution in [0.1, 0.15) is 71.5 Å². The van der Waals surface area contributed by atoms with E-state index >= 15 is 0 Å². The summed E-state index contributed by atoms with van der Waals surface area (Å²) in [5.74, 6) is 3.23. The van der Waals surface area contributed by atoms with E-state index in [0.29, 0.717) is 18.7 Å². The highest BCUT2D eigenvalue weighted by molar-refractivity contribution is 5.76. The molecule has 3 atom stereocenters. The zero-order valence-corrected chi connectivity index (χ0v) is 16.4. The molecule has 1 N–H and O–H groups in total. The Morgan fingerprint density at radius 2 is 1.96 bits per heavy atom. The molecule has 1 aliphatic heterocycles. The van der Waals surface area contributed by atoms with Crippen molar-refractivity contribution in [3.63, 3.8) is 0 Å². The van der Waals surface area contributed by atoms with E-state index < -0.39 is 0 Å². The van der Waals surface area contributed by atoms with Crippen molar-refractivity contribution in [1.29, 1.82) is 0 Å². The van der Waals surface area contributed by atoms with Gasteiger partial charge in [0.15, 0.2) is 5.82 Å². The van der Waals surface area contributed by atoms with Crippen LogP contribution in [0.15, 0.2) is 4.52 Å². The van der Waals surface area contributed by atoms with E-state index in [1.165, 1.54) is 6.42 Å². The van der Waals surface area contributed by atoms with Crippen LogP contribution in [0.3, 0.4) is 0 Å². The fraction of sp³-hybridized carbons (Fsp3) is 0.842. The van der Waals surface area contributed by atoms with E-state index in [2.05, 4.69) is 41.1 Å². The van der Waals surface area contributed by atoms with E-state index in [9.17, 15) is 4.79 Å². The topological polar surface area (TPSA) is 71.3 Å². The number of amides is 1. The standard InChI is InChI=1S/C19H34N4O2/c1-13(2)19-21-18(25-22-19)8-6-7-17(24)20-16(5)12-23-10-14(3)9-15(4)11-23/h13-16H,6-12H2,1-5H3,(H,20,24). The van der Waals surface area contributed by atoms with Gasteiger partial charge in [0.2, 0.25) is 11.8 Å². The summed E-state index contributed by atoms with van der Waals surface area (Å²) in [6, 6.07) is 0.181. The van der Waals surface area contributed by atoms with Crippen molar-refractivity contribution in [2.45, 2.75) is 72.3 Å². The third kappa shape index (κ3) is 6.77. The van der Waals surface area contributed by atoms with Crippen molar-refractivity contribution in [2.24, 2.45) is 11.8 Å². The molecule has 1 fully saturated rings. The number of likely N-dealkylation sites (tertiary alicyclic amines) is 1. The van der Waals surface area contributed by atoms with Crippen molar-refractivity contribution in [3.05, 3.63) is 11.7 Å². The SMILES string of the molecule is CC1CC(C)CN(CC(C)NC(=O)CCCc2nc(C(C)C)no2)C1. The van der Waals surface area contributed by atoms with Crippen LogP contribution in [-0.2, 0) is 11.2 Å². The van der Waals surface area contributed by atoms with Crippen LogP contribution in [0.25, 0.3) is 0 Å². The number of carbonyl (C=O) groups excluding carboxylic acids is 1. The largest absolute Gasteiger partial charge is 0.352 e.